The van der Waals surface area contributed by atoms with Crippen LogP contribution in [-0.2, 0) is 80.6 Å². The van der Waals surface area contributed by atoms with Crippen LogP contribution in [0.3, 0.4) is 0 Å². The molecule has 22 N–H and O–H groups in total. The highest BCUT2D eigenvalue weighted by molar-refractivity contribution is 5.79. The van der Waals surface area contributed by atoms with E-state index in [0.29, 0.717) is 51.4 Å². The van der Waals surface area contributed by atoms with Crippen molar-refractivity contribution in [1.29, 1.82) is 0 Å². The van der Waals surface area contributed by atoms with Gasteiger partial charge in [0, 0.05) is 0 Å². The van der Waals surface area contributed by atoms with Crippen molar-refractivity contribution in [2.24, 2.45) is 50.2 Å². The van der Waals surface area contributed by atoms with Crippen LogP contribution in [0.1, 0.15) is 127 Å². The summed E-state index contributed by atoms with van der Waals surface area (Å²) in [5, 5.41) is 240. The number of aliphatic hydroxyl groups excluding tert-OH is 22. The number of aliphatic hydroxyl groups is 22. The van der Waals surface area contributed by atoms with Crippen LogP contribution in [0.2, 0.25) is 0 Å². The van der Waals surface area contributed by atoms with Gasteiger partial charge in [-0.15, -0.1) is 0 Å². The number of hydrogen-bond donors (Lipinski definition) is 22. The van der Waals surface area contributed by atoms with Crippen LogP contribution in [-0.4, -0.2) is 397 Å². The lowest BCUT2D eigenvalue weighted by Gasteiger charge is -2.71. The minimum atomic E-state index is -2.08. The first-order chi connectivity index (χ1) is 54.0. The summed E-state index contributed by atoms with van der Waals surface area (Å²) in [6, 6.07) is 0. The van der Waals surface area contributed by atoms with Gasteiger partial charge in [-0.2, -0.15) is 0 Å². The number of allylic oxidation sites excluding steroid dienone is 2. The van der Waals surface area contributed by atoms with Crippen LogP contribution in [0, 0.1) is 50.2 Å². The van der Waals surface area contributed by atoms with Gasteiger partial charge in [0.05, 0.1) is 63.4 Å². The van der Waals surface area contributed by atoms with Crippen molar-refractivity contribution in [3.63, 3.8) is 0 Å². The third-order valence-electron chi connectivity index (χ3n) is 29.0. The average molecular weight is 1660 g/mol. The van der Waals surface area contributed by atoms with Crippen molar-refractivity contribution in [3.05, 3.63) is 11.6 Å². The second kappa shape index (κ2) is 34.7. The lowest BCUT2D eigenvalue weighted by Crippen LogP contribution is -2.66. The Labute approximate surface area is 664 Å². The standard InChI is InChI=1S/C76H124O39/c1-27-40(80)47(87)53(93)62(104-27)101-24-34-44(84)49(89)55(95)66(109-34)112-59-33(22-78)107-65(57(97)51(59)91)108-36-26-103-64(52(92)46(36)86)113-60-41(81)28(2)105-68(58(60)98)114-61-42(82)31(79)23-100-69(61)111-39-13-14-73(7)37(72(39,5)6)12-15-75(9)38(73)11-10-29-30-20-71(3,4)16-18-76(30,19-17-74(29,75)8)70(99)115-67-56(96)50(90)45(85)35(110-67)25-102-63-54(94)48(88)43(83)32(21-77)106-63/h10,27-28,30-69,77-98H,11-26H2,1-9H3/t27-,28-,30+,31-,32+,33+,34+,35+,36+,37-,38+,39-,40-,41-,42-,43+,44+,45+,46+,47+,48-,49-,50-,51+,52+,53+,54+,55+,56+,57+,58+,59+,60+,61+,62+,63+,64-,65-,66-,67-,68-,69-,73-,74+,75+,76-/m0/s1. The van der Waals surface area contributed by atoms with Crippen LogP contribution < -0.4 is 0 Å². The molecular formula is C76H124O39. The third-order valence-corrected chi connectivity index (χ3v) is 29.0. The molecule has 39 heteroatoms. The van der Waals surface area contributed by atoms with Gasteiger partial charge in [-0.05, 0) is 123 Å². The van der Waals surface area contributed by atoms with E-state index in [4.69, 9.17) is 75.8 Å². The number of esters is 1. The molecule has 0 bridgehead atoms. The van der Waals surface area contributed by atoms with Gasteiger partial charge in [0.2, 0.25) is 6.29 Å². The molecule has 8 saturated heterocycles. The van der Waals surface area contributed by atoms with Gasteiger partial charge in [0.1, 0.15) is 171 Å². The van der Waals surface area contributed by atoms with Crippen LogP contribution in [0.5, 0.6) is 0 Å². The minimum Gasteiger partial charge on any atom is -0.432 e. The summed E-state index contributed by atoms with van der Waals surface area (Å²) < 4.78 is 94.6. The largest absolute Gasteiger partial charge is 0.432 e. The number of carbonyl (C=O) groups excluding carboxylic acids is 1. The fraction of sp³-hybridized carbons (Fsp3) is 0.961. The Morgan fingerprint density at radius 1 is 0.417 bits per heavy atom. The van der Waals surface area contributed by atoms with Gasteiger partial charge < -0.3 is 188 Å². The molecule has 4 saturated carbocycles. The topological polar surface area (TPSA) is 610 Å². The van der Waals surface area contributed by atoms with Crippen LogP contribution in [0.25, 0.3) is 0 Å². The second-order valence-electron chi connectivity index (χ2n) is 36.7. The van der Waals surface area contributed by atoms with E-state index < -0.39 is 295 Å². The number of fused-ring (bicyclic) bond motifs is 7. The maximum absolute atomic E-state index is 15.3. The molecule has 0 unspecified atom stereocenters. The van der Waals surface area contributed by atoms with Crippen LogP contribution in [0.15, 0.2) is 11.6 Å². The molecule has 0 spiro atoms. The molecule has 115 heavy (non-hydrogen) atoms. The quantitative estimate of drug-likeness (QED) is 0.0306. The van der Waals surface area contributed by atoms with Crippen molar-refractivity contribution in [3.8, 4) is 0 Å². The number of carbonyl (C=O) groups is 1. The van der Waals surface area contributed by atoms with E-state index in [9.17, 15) is 112 Å². The highest BCUT2D eigenvalue weighted by atomic mass is 16.8. The van der Waals surface area contributed by atoms with Crippen LogP contribution in [0.4, 0.5) is 0 Å². The number of hydrogen-bond acceptors (Lipinski definition) is 39. The SMILES string of the molecule is C[C@@H]1O[C@@H](OC[C@H]2O[C@@H](O[C@H]3[C@H](O)[C@@H](O)[C@H](O[C@@H]4CO[C@@H](O[C@@H]5[C@@H](O)[C@H](C)O[C@@H](O[C@H]6[C@H](O[C@H]7CC[C@]8(C)[C@H]9CC=C%10[C@H]%11CC(C)(C)CC[C@]%11(C(=O)O[C@@H]%11O[C@H](CO[C@@H]%12O[C@H](CO)[C@@H](O)[C@H](O)[C@H]%12O)[C@@H](O)[C@H](O)[C@H]%11O)CC[C@@]%10(C)[C@]9(C)CC[C@H]8C7(C)C)OC[C@H](O)[C@@H]6O)[C@@H]5O)[C@H](O)[C@@H]4O)O[C@@H]3CO)[C@H](O)[C@@H](O)[C@@H]2O)[C@H](O)[C@H](O)[C@H]1O. The van der Waals surface area contributed by atoms with Crippen molar-refractivity contribution >= 4 is 5.97 Å². The minimum absolute atomic E-state index is 0.0505. The van der Waals surface area contributed by atoms with E-state index in [1.807, 2.05) is 0 Å². The van der Waals surface area contributed by atoms with Crippen molar-refractivity contribution in [1.82, 2.24) is 0 Å². The molecule has 0 aromatic carbocycles. The molecular weight excluding hydrogens is 1540 g/mol. The second-order valence-corrected chi connectivity index (χ2v) is 36.7. The molecule has 0 radical (unpaired) electrons. The summed E-state index contributed by atoms with van der Waals surface area (Å²) in [5.41, 5.74) is -1.64. The summed E-state index contributed by atoms with van der Waals surface area (Å²) in [6.45, 7) is 14.6. The summed E-state index contributed by atoms with van der Waals surface area (Å²) in [6.07, 6.45) is -56.7. The first-order valence-electron chi connectivity index (χ1n) is 40.4. The van der Waals surface area contributed by atoms with E-state index >= 15 is 4.79 Å². The molecule has 46 atom stereocenters. The maximum Gasteiger partial charge on any atom is 0.315 e. The number of rotatable bonds is 20. The molecule has 5 aliphatic carbocycles. The Morgan fingerprint density at radius 2 is 0.913 bits per heavy atom. The highest BCUT2D eigenvalue weighted by Crippen LogP contribution is 2.76. The summed E-state index contributed by atoms with van der Waals surface area (Å²) in [7, 11) is 0. The molecule has 12 fully saturated rings. The molecule has 662 valence electrons. The average Bonchev–Trinajstić information content (AvgIpc) is 0.674. The fourth-order valence-corrected chi connectivity index (χ4v) is 21.5. The zero-order valence-electron chi connectivity index (χ0n) is 65.9. The van der Waals surface area contributed by atoms with Crippen molar-refractivity contribution in [2.75, 3.05) is 39.6 Å². The van der Waals surface area contributed by atoms with E-state index in [-0.39, 0.29) is 40.6 Å². The van der Waals surface area contributed by atoms with Gasteiger partial charge in [-0.25, -0.2) is 0 Å². The summed E-state index contributed by atoms with van der Waals surface area (Å²) in [4.78, 5) is 15.3. The van der Waals surface area contributed by atoms with Gasteiger partial charge in [-0.1, -0.05) is 60.1 Å². The Kier molecular flexibility index (Phi) is 27.3. The summed E-state index contributed by atoms with van der Waals surface area (Å²) >= 11 is 0. The van der Waals surface area contributed by atoms with E-state index in [1.165, 1.54) is 19.4 Å². The molecule has 8 aliphatic heterocycles. The van der Waals surface area contributed by atoms with E-state index in [0.717, 1.165) is 12.8 Å². The van der Waals surface area contributed by atoms with Gasteiger partial charge in [0.25, 0.3) is 0 Å². The third kappa shape index (κ3) is 16.4. The van der Waals surface area contributed by atoms with Crippen molar-refractivity contribution < 1.29 is 193 Å². The molecule has 0 amide bonds. The summed E-state index contributed by atoms with van der Waals surface area (Å²) in [5.74, 6) is -0.721. The van der Waals surface area contributed by atoms with E-state index in [2.05, 4.69) is 54.5 Å². The Morgan fingerprint density at radius 3 is 1.56 bits per heavy atom. The van der Waals surface area contributed by atoms with Crippen LogP contribution >= 0.6 is 0 Å². The molecule has 39 nitrogen and oxygen atoms in total. The maximum atomic E-state index is 15.3. The smallest absolute Gasteiger partial charge is 0.315 e. The monoisotopic (exact) mass is 1660 g/mol. The fourth-order valence-electron chi connectivity index (χ4n) is 21.5. The van der Waals surface area contributed by atoms with E-state index in [1.54, 1.807) is 0 Å². The lowest BCUT2D eigenvalue weighted by atomic mass is 9.33. The normalized spacial score (nSPS) is 54.6. The van der Waals surface area contributed by atoms with Gasteiger partial charge >= 0.3 is 5.97 Å². The predicted molar refractivity (Wildman–Crippen MR) is 379 cm³/mol. The Hall–Kier alpha value is -2.27. The van der Waals surface area contributed by atoms with Crippen molar-refractivity contribution in [2.45, 2.75) is 366 Å². The molecule has 13 rings (SSSR count). The van der Waals surface area contributed by atoms with Gasteiger partial charge in [0.15, 0.2) is 44.0 Å². The predicted octanol–water partition coefficient (Wildman–Crippen LogP) is -7.41. The highest BCUT2D eigenvalue weighted by Gasteiger charge is 2.71. The Bertz CT molecular complexity index is 3290. The zero-order valence-corrected chi connectivity index (χ0v) is 65.9. The Balaban J connectivity index is 0.629. The first-order valence-corrected chi connectivity index (χ1v) is 40.4. The lowest BCUT2D eigenvalue weighted by molar-refractivity contribution is -0.387. The molecule has 0 aromatic heterocycles. The molecule has 8 heterocycles. The molecule has 0 aromatic rings. The number of ether oxygens (including phenoxy) is 16. The molecule has 13 aliphatic rings. The first kappa shape index (κ1) is 90.5. The van der Waals surface area contributed by atoms with Gasteiger partial charge in [-0.3, -0.25) is 4.79 Å². The zero-order chi connectivity index (χ0) is 83.7.